The molecule has 4 aromatic carbocycles. The number of nitrogens with zero attached hydrogens (tertiary/aromatic N) is 2. The Morgan fingerprint density at radius 2 is 1.02 bits per heavy atom. The second-order valence-corrected chi connectivity index (χ2v) is 11.4. The van der Waals surface area contributed by atoms with E-state index in [1.807, 2.05) is 6.07 Å². The number of carbonyl (C=O) groups is 4. The fourth-order valence-electron chi connectivity index (χ4n) is 4.22. The Bertz CT molecular complexity index is 1690. The van der Waals surface area contributed by atoms with Gasteiger partial charge >= 0.3 is 11.9 Å². The Hall–Kier alpha value is -4.08. The van der Waals surface area contributed by atoms with Gasteiger partial charge in [0.1, 0.15) is 12.1 Å². The summed E-state index contributed by atoms with van der Waals surface area (Å²) in [6, 6.07) is 24.7. The van der Waals surface area contributed by atoms with E-state index >= 15 is 0 Å². The predicted octanol–water partition coefficient (Wildman–Crippen LogP) is 8.71. The van der Waals surface area contributed by atoms with Crippen LogP contribution in [0.1, 0.15) is 41.5 Å². The summed E-state index contributed by atoms with van der Waals surface area (Å²) in [5, 5.41) is 10.5. The molecule has 2 amide bonds. The standard InChI is InChI=1S/C18H17Cl2NO3.C16H13Cl2NO3/c1-3-24-18(23)12(2)21(14-9-10-15(19)16(20)11-14)17(22)13-7-5-4-6-8-13;1-10(16(21)22)19(12-7-8-13(17)14(18)9-12)15(20)11-5-3-2-4-6-11/h4-12H,3H2,1-2H3;2-10H,1H3,(H,21,22). The van der Waals surface area contributed by atoms with Crippen molar-refractivity contribution in [3.63, 3.8) is 0 Å². The minimum absolute atomic E-state index is 0.234. The average Bonchev–Trinajstić information content (AvgIpc) is 3.05. The number of halogens is 4. The number of rotatable bonds is 9. The first-order valence-corrected chi connectivity index (χ1v) is 15.4. The second-order valence-electron chi connectivity index (χ2n) is 9.72. The maximum atomic E-state index is 12.9. The molecule has 0 fully saturated rings. The summed E-state index contributed by atoms with van der Waals surface area (Å²) in [4.78, 5) is 51.7. The Labute approximate surface area is 287 Å². The second kappa shape index (κ2) is 17.0. The largest absolute Gasteiger partial charge is 0.480 e. The first-order chi connectivity index (χ1) is 21.9. The van der Waals surface area contributed by atoms with E-state index in [9.17, 15) is 24.3 Å². The topological polar surface area (TPSA) is 104 Å². The van der Waals surface area contributed by atoms with E-state index in [0.29, 0.717) is 37.6 Å². The Morgan fingerprint density at radius 1 is 0.630 bits per heavy atom. The van der Waals surface area contributed by atoms with Gasteiger partial charge in [-0.25, -0.2) is 9.59 Å². The van der Waals surface area contributed by atoms with Crippen molar-refractivity contribution in [3.05, 3.63) is 128 Å². The molecule has 12 heteroatoms. The highest BCUT2D eigenvalue weighted by molar-refractivity contribution is 6.42. The van der Waals surface area contributed by atoms with Crippen LogP contribution in [0.25, 0.3) is 0 Å². The zero-order valence-electron chi connectivity index (χ0n) is 25.0. The number of aliphatic carboxylic acids is 1. The van der Waals surface area contributed by atoms with Crippen LogP contribution in [-0.2, 0) is 14.3 Å². The van der Waals surface area contributed by atoms with Crippen molar-refractivity contribution in [2.75, 3.05) is 16.4 Å². The number of carboxylic acids is 1. The lowest BCUT2D eigenvalue weighted by atomic mass is 10.1. The monoisotopic (exact) mass is 702 g/mol. The molecule has 4 rings (SSSR count). The van der Waals surface area contributed by atoms with Gasteiger partial charge in [0.05, 0.1) is 26.7 Å². The van der Waals surface area contributed by atoms with Crippen molar-refractivity contribution in [2.45, 2.75) is 32.9 Å². The number of hydrogen-bond donors (Lipinski definition) is 1. The zero-order chi connectivity index (χ0) is 34.0. The van der Waals surface area contributed by atoms with Crippen LogP contribution < -0.4 is 9.80 Å². The lowest BCUT2D eigenvalue weighted by Gasteiger charge is -2.28. The number of hydrogen-bond acceptors (Lipinski definition) is 5. The van der Waals surface area contributed by atoms with Crippen LogP contribution in [-0.4, -0.2) is 47.6 Å². The Morgan fingerprint density at radius 3 is 1.37 bits per heavy atom. The molecule has 0 heterocycles. The van der Waals surface area contributed by atoms with E-state index in [4.69, 9.17) is 51.1 Å². The van der Waals surface area contributed by atoms with Crippen molar-refractivity contribution in [1.29, 1.82) is 0 Å². The van der Waals surface area contributed by atoms with E-state index in [1.54, 1.807) is 92.7 Å². The molecule has 0 bridgehead atoms. The summed E-state index contributed by atoms with van der Waals surface area (Å²) < 4.78 is 5.05. The quantitative estimate of drug-likeness (QED) is 0.175. The molecule has 2 unspecified atom stereocenters. The molecule has 0 aliphatic carbocycles. The van der Waals surface area contributed by atoms with Crippen molar-refractivity contribution < 1.29 is 29.0 Å². The van der Waals surface area contributed by atoms with Gasteiger partial charge in [-0.15, -0.1) is 0 Å². The normalized spacial score (nSPS) is 11.7. The molecule has 0 saturated heterocycles. The first kappa shape index (κ1) is 36.4. The number of amides is 2. The summed E-state index contributed by atoms with van der Waals surface area (Å²) in [5.41, 5.74) is 1.69. The molecule has 8 nitrogen and oxygen atoms in total. The molecule has 0 aliphatic rings. The fourth-order valence-corrected chi connectivity index (χ4v) is 4.81. The average molecular weight is 704 g/mol. The van der Waals surface area contributed by atoms with Crippen LogP contribution in [0.3, 0.4) is 0 Å². The summed E-state index contributed by atoms with van der Waals surface area (Å²) >= 11 is 23.9. The highest BCUT2D eigenvalue weighted by atomic mass is 35.5. The lowest BCUT2D eigenvalue weighted by Crippen LogP contribution is -2.44. The molecule has 4 aromatic rings. The van der Waals surface area contributed by atoms with Gasteiger partial charge in [0, 0.05) is 22.5 Å². The van der Waals surface area contributed by atoms with Crippen LogP contribution in [0, 0.1) is 0 Å². The number of esters is 1. The molecule has 2 atom stereocenters. The third kappa shape index (κ3) is 9.23. The van der Waals surface area contributed by atoms with Crippen molar-refractivity contribution in [3.8, 4) is 0 Å². The van der Waals surface area contributed by atoms with Gasteiger partial charge < -0.3 is 9.84 Å². The highest BCUT2D eigenvalue weighted by Gasteiger charge is 2.30. The van der Waals surface area contributed by atoms with Gasteiger partial charge in [-0.05, 0) is 81.4 Å². The number of ether oxygens (including phenoxy) is 1. The SMILES string of the molecule is CC(C(=O)O)N(C(=O)c1ccccc1)c1ccc(Cl)c(Cl)c1.CCOC(=O)C(C)N(C(=O)c1ccccc1)c1ccc(Cl)c(Cl)c1. The van der Waals surface area contributed by atoms with Crippen molar-refractivity contribution >= 4 is 81.5 Å². The first-order valence-electron chi connectivity index (χ1n) is 13.9. The molecular formula is C34H30Cl4N2O6. The lowest BCUT2D eigenvalue weighted by molar-refractivity contribution is -0.144. The Kier molecular flexibility index (Phi) is 13.5. The van der Waals surface area contributed by atoms with E-state index in [-0.39, 0.29) is 17.5 Å². The molecule has 0 saturated carbocycles. The molecule has 0 radical (unpaired) electrons. The maximum Gasteiger partial charge on any atom is 0.328 e. The minimum Gasteiger partial charge on any atom is -0.480 e. The summed E-state index contributed by atoms with van der Waals surface area (Å²) in [7, 11) is 0. The Balaban J connectivity index is 0.000000251. The van der Waals surface area contributed by atoms with Crippen LogP contribution in [0.2, 0.25) is 20.1 Å². The van der Waals surface area contributed by atoms with Crippen LogP contribution in [0.4, 0.5) is 11.4 Å². The summed E-state index contributed by atoms with van der Waals surface area (Å²) in [6.07, 6.45) is 0. The number of carboxylic acid groups (broad SMARTS) is 1. The molecular weight excluding hydrogens is 674 g/mol. The minimum atomic E-state index is -1.12. The van der Waals surface area contributed by atoms with Gasteiger partial charge in [0.25, 0.3) is 11.8 Å². The molecule has 0 spiro atoms. The zero-order valence-corrected chi connectivity index (χ0v) is 28.0. The number of benzene rings is 4. The third-order valence-electron chi connectivity index (χ3n) is 6.60. The van der Waals surface area contributed by atoms with E-state index in [0.717, 1.165) is 0 Å². The van der Waals surface area contributed by atoms with Gasteiger partial charge in [-0.1, -0.05) is 82.8 Å². The van der Waals surface area contributed by atoms with Crippen LogP contribution in [0.15, 0.2) is 97.1 Å². The van der Waals surface area contributed by atoms with Crippen LogP contribution >= 0.6 is 46.4 Å². The molecule has 1 N–H and O–H groups in total. The molecule has 46 heavy (non-hydrogen) atoms. The van der Waals surface area contributed by atoms with Crippen molar-refractivity contribution in [1.82, 2.24) is 0 Å². The van der Waals surface area contributed by atoms with Crippen molar-refractivity contribution in [2.24, 2.45) is 0 Å². The van der Waals surface area contributed by atoms with E-state index in [2.05, 4.69) is 0 Å². The van der Waals surface area contributed by atoms with Gasteiger partial charge in [0.15, 0.2) is 0 Å². The highest BCUT2D eigenvalue weighted by Crippen LogP contribution is 2.31. The smallest absolute Gasteiger partial charge is 0.328 e. The fraction of sp³-hybridized carbons (Fsp3) is 0.176. The number of carbonyl (C=O) groups excluding carboxylic acids is 3. The van der Waals surface area contributed by atoms with Gasteiger partial charge in [0.2, 0.25) is 0 Å². The predicted molar refractivity (Wildman–Crippen MR) is 183 cm³/mol. The van der Waals surface area contributed by atoms with Gasteiger partial charge in [-0.3, -0.25) is 19.4 Å². The van der Waals surface area contributed by atoms with E-state index < -0.39 is 29.9 Å². The summed E-state index contributed by atoms with van der Waals surface area (Å²) in [6.45, 7) is 5.00. The molecule has 240 valence electrons. The molecule has 0 aromatic heterocycles. The maximum absolute atomic E-state index is 12.9. The van der Waals surface area contributed by atoms with Crippen LogP contribution in [0.5, 0.6) is 0 Å². The number of anilines is 2. The molecule has 0 aliphatic heterocycles. The van der Waals surface area contributed by atoms with Gasteiger partial charge in [-0.2, -0.15) is 0 Å². The van der Waals surface area contributed by atoms with E-state index in [1.165, 1.54) is 28.9 Å². The third-order valence-corrected chi connectivity index (χ3v) is 8.08. The summed E-state index contributed by atoms with van der Waals surface area (Å²) in [5.74, 6) is -2.35.